The van der Waals surface area contributed by atoms with Crippen molar-refractivity contribution in [3.05, 3.63) is 16.0 Å². The number of alkyl halides is 3. The van der Waals surface area contributed by atoms with Gasteiger partial charge in [-0.2, -0.15) is 13.2 Å². The summed E-state index contributed by atoms with van der Waals surface area (Å²) in [7, 11) is 0. The maximum atomic E-state index is 12.3. The molecular formula is C13H15F3N2O2S. The van der Waals surface area contributed by atoms with E-state index >= 15 is 0 Å². The van der Waals surface area contributed by atoms with E-state index < -0.39 is 18.0 Å². The molecular weight excluding hydrogens is 305 g/mol. The number of nitrogens with one attached hydrogen (secondary N) is 1. The number of thiophene rings is 1. The van der Waals surface area contributed by atoms with Crippen LogP contribution in [0, 0.1) is 5.92 Å². The van der Waals surface area contributed by atoms with E-state index in [4.69, 9.17) is 5.73 Å². The fraction of sp³-hybridized carbons (Fsp3) is 0.538. The maximum Gasteiger partial charge on any atom is 0.471 e. The van der Waals surface area contributed by atoms with Gasteiger partial charge >= 0.3 is 12.1 Å². The average Bonchev–Trinajstić information content (AvgIpc) is 2.74. The number of hydrogen-bond donors (Lipinski definition) is 2. The number of amides is 2. The highest BCUT2D eigenvalue weighted by Gasteiger charge is 2.40. The SMILES string of the molecule is CCC1CCc2c(sc(NC(=O)C(F)(F)F)c2C(N)=O)C1. The number of fused-ring (bicyclic) bond motifs is 1. The summed E-state index contributed by atoms with van der Waals surface area (Å²) in [5, 5.41) is 1.68. The third-order valence-corrected chi connectivity index (χ3v) is 4.85. The van der Waals surface area contributed by atoms with Gasteiger partial charge < -0.3 is 11.1 Å². The Bertz CT molecular complexity index is 581. The second-order valence-corrected chi connectivity index (χ2v) is 6.15. The third kappa shape index (κ3) is 3.20. The number of primary amides is 1. The molecule has 0 saturated carbocycles. The Kier molecular flexibility index (Phi) is 4.27. The van der Waals surface area contributed by atoms with Crippen LogP contribution in [0.5, 0.6) is 0 Å². The summed E-state index contributed by atoms with van der Waals surface area (Å²) in [6, 6.07) is 0. The quantitative estimate of drug-likeness (QED) is 0.899. The zero-order valence-corrected chi connectivity index (χ0v) is 12.2. The van der Waals surface area contributed by atoms with Crippen LogP contribution >= 0.6 is 11.3 Å². The van der Waals surface area contributed by atoms with Crippen LogP contribution in [0.15, 0.2) is 0 Å². The molecule has 0 saturated heterocycles. The van der Waals surface area contributed by atoms with Gasteiger partial charge in [0.1, 0.15) is 5.00 Å². The molecule has 0 bridgehead atoms. The molecule has 0 aliphatic heterocycles. The van der Waals surface area contributed by atoms with Gasteiger partial charge in [0.2, 0.25) is 0 Å². The predicted molar refractivity (Wildman–Crippen MR) is 73.3 cm³/mol. The van der Waals surface area contributed by atoms with E-state index in [0.29, 0.717) is 24.3 Å². The molecule has 0 radical (unpaired) electrons. The van der Waals surface area contributed by atoms with Crippen molar-refractivity contribution in [1.82, 2.24) is 0 Å². The van der Waals surface area contributed by atoms with Crippen LogP contribution in [0.25, 0.3) is 0 Å². The normalized spacial score (nSPS) is 18.2. The molecule has 0 spiro atoms. The van der Waals surface area contributed by atoms with Gasteiger partial charge in [0, 0.05) is 4.88 Å². The van der Waals surface area contributed by atoms with Gasteiger partial charge in [-0.3, -0.25) is 9.59 Å². The second kappa shape index (κ2) is 5.67. The minimum absolute atomic E-state index is 0.0298. The lowest BCUT2D eigenvalue weighted by Gasteiger charge is -2.20. The summed E-state index contributed by atoms with van der Waals surface area (Å²) < 4.78 is 37.0. The van der Waals surface area contributed by atoms with Gasteiger partial charge in [0.05, 0.1) is 5.56 Å². The van der Waals surface area contributed by atoms with Gasteiger partial charge in [-0.15, -0.1) is 11.3 Å². The molecule has 1 aliphatic carbocycles. The Hall–Kier alpha value is -1.57. The Balaban J connectivity index is 2.36. The van der Waals surface area contributed by atoms with Crippen molar-refractivity contribution < 1.29 is 22.8 Å². The first kappa shape index (κ1) is 15.8. The van der Waals surface area contributed by atoms with Gasteiger partial charge in [-0.25, -0.2) is 0 Å². The molecule has 4 nitrogen and oxygen atoms in total. The lowest BCUT2D eigenvalue weighted by molar-refractivity contribution is -0.167. The zero-order valence-electron chi connectivity index (χ0n) is 11.3. The van der Waals surface area contributed by atoms with Crippen molar-refractivity contribution in [3.8, 4) is 0 Å². The maximum absolute atomic E-state index is 12.3. The van der Waals surface area contributed by atoms with Crippen molar-refractivity contribution in [1.29, 1.82) is 0 Å². The van der Waals surface area contributed by atoms with Crippen LogP contribution in [0.4, 0.5) is 18.2 Å². The number of rotatable bonds is 3. The molecule has 2 amide bonds. The fourth-order valence-corrected chi connectivity index (χ4v) is 3.89. The van der Waals surface area contributed by atoms with E-state index in [-0.39, 0.29) is 10.6 Å². The molecule has 8 heteroatoms. The molecule has 3 N–H and O–H groups in total. The lowest BCUT2D eigenvalue weighted by Crippen LogP contribution is -2.30. The van der Waals surface area contributed by atoms with Crippen LogP contribution in [0.1, 0.15) is 40.6 Å². The first-order valence-corrected chi connectivity index (χ1v) is 7.38. The Morgan fingerprint density at radius 2 is 2.10 bits per heavy atom. The Morgan fingerprint density at radius 1 is 1.43 bits per heavy atom. The largest absolute Gasteiger partial charge is 0.471 e. The smallest absolute Gasteiger partial charge is 0.365 e. The van der Waals surface area contributed by atoms with Crippen molar-refractivity contribution in [3.63, 3.8) is 0 Å². The molecule has 1 atom stereocenters. The van der Waals surface area contributed by atoms with Crippen molar-refractivity contribution in [2.45, 2.75) is 38.8 Å². The monoisotopic (exact) mass is 320 g/mol. The van der Waals surface area contributed by atoms with Crippen LogP contribution in [0.2, 0.25) is 0 Å². The van der Waals surface area contributed by atoms with Gasteiger partial charge in [-0.05, 0) is 30.7 Å². The summed E-state index contributed by atoms with van der Waals surface area (Å²) in [5.74, 6) is -2.45. The van der Waals surface area contributed by atoms with Crippen LogP contribution in [-0.4, -0.2) is 18.0 Å². The van der Waals surface area contributed by atoms with Crippen molar-refractivity contribution in [2.75, 3.05) is 5.32 Å². The van der Waals surface area contributed by atoms with E-state index in [1.54, 1.807) is 5.32 Å². The highest BCUT2D eigenvalue weighted by atomic mass is 32.1. The predicted octanol–water partition coefficient (Wildman–Crippen LogP) is 2.86. The molecule has 21 heavy (non-hydrogen) atoms. The van der Waals surface area contributed by atoms with Crippen LogP contribution in [-0.2, 0) is 17.6 Å². The fourth-order valence-electron chi connectivity index (χ4n) is 2.53. The second-order valence-electron chi connectivity index (χ2n) is 5.04. The standard InChI is InChI=1S/C13H15F3N2O2S/c1-2-6-3-4-7-8(5-6)21-11(9(7)10(17)19)18-12(20)13(14,15)16/h6H,2-5H2,1H3,(H2,17,19)(H,18,20). The summed E-state index contributed by atoms with van der Waals surface area (Å²) in [4.78, 5) is 23.4. The summed E-state index contributed by atoms with van der Waals surface area (Å²) >= 11 is 1.02. The molecule has 1 aromatic rings. The molecule has 2 rings (SSSR count). The van der Waals surface area contributed by atoms with E-state index in [1.807, 2.05) is 6.92 Å². The van der Waals surface area contributed by atoms with E-state index in [0.717, 1.165) is 29.1 Å². The molecule has 1 heterocycles. The van der Waals surface area contributed by atoms with Gasteiger partial charge in [0.25, 0.3) is 5.91 Å². The van der Waals surface area contributed by atoms with Gasteiger partial charge in [-0.1, -0.05) is 13.3 Å². The van der Waals surface area contributed by atoms with Crippen LogP contribution in [0.3, 0.4) is 0 Å². The number of hydrogen-bond acceptors (Lipinski definition) is 3. The minimum Gasteiger partial charge on any atom is -0.365 e. The average molecular weight is 320 g/mol. The van der Waals surface area contributed by atoms with Crippen molar-refractivity contribution >= 4 is 28.2 Å². The zero-order chi connectivity index (χ0) is 15.8. The van der Waals surface area contributed by atoms with Crippen molar-refractivity contribution in [2.24, 2.45) is 11.7 Å². The number of carbonyl (C=O) groups excluding carboxylic acids is 2. The highest BCUT2D eigenvalue weighted by Crippen LogP contribution is 2.40. The molecule has 1 aromatic heterocycles. The topological polar surface area (TPSA) is 72.2 Å². The van der Waals surface area contributed by atoms with E-state index in [1.165, 1.54) is 0 Å². The van der Waals surface area contributed by atoms with Gasteiger partial charge in [0.15, 0.2) is 0 Å². The number of anilines is 1. The molecule has 0 fully saturated rings. The first-order chi connectivity index (χ1) is 9.74. The lowest BCUT2D eigenvalue weighted by atomic mass is 9.85. The number of carbonyl (C=O) groups is 2. The molecule has 1 aliphatic rings. The first-order valence-electron chi connectivity index (χ1n) is 6.56. The molecule has 0 aromatic carbocycles. The number of nitrogens with two attached hydrogens (primary N) is 1. The summed E-state index contributed by atoms with van der Waals surface area (Å²) in [6.07, 6.45) is -1.85. The Morgan fingerprint density at radius 3 is 2.62 bits per heavy atom. The number of halogens is 3. The van der Waals surface area contributed by atoms with Crippen LogP contribution < -0.4 is 11.1 Å². The molecule has 116 valence electrons. The Labute approximate surface area is 123 Å². The third-order valence-electron chi connectivity index (χ3n) is 3.68. The summed E-state index contributed by atoms with van der Waals surface area (Å²) in [5.41, 5.74) is 5.99. The summed E-state index contributed by atoms with van der Waals surface area (Å²) in [6.45, 7) is 2.05. The molecule has 1 unspecified atom stereocenters. The van der Waals surface area contributed by atoms with E-state index in [2.05, 4.69) is 0 Å². The minimum atomic E-state index is -4.99. The highest BCUT2D eigenvalue weighted by molar-refractivity contribution is 7.17. The van der Waals surface area contributed by atoms with E-state index in [9.17, 15) is 22.8 Å².